The summed E-state index contributed by atoms with van der Waals surface area (Å²) in [5.41, 5.74) is 1.08. The smallest absolute Gasteiger partial charge is 0.410 e. The zero-order valence-corrected chi connectivity index (χ0v) is 16.3. The maximum atomic E-state index is 12.2. The Morgan fingerprint density at radius 2 is 2.08 bits per heavy atom. The summed E-state index contributed by atoms with van der Waals surface area (Å²) in [4.78, 5) is 18.1. The number of halogens is 1. The van der Waals surface area contributed by atoms with Crippen LogP contribution in [0.15, 0.2) is 16.7 Å². The van der Waals surface area contributed by atoms with Gasteiger partial charge in [-0.2, -0.15) is 5.26 Å². The van der Waals surface area contributed by atoms with Crippen LogP contribution in [0.5, 0.6) is 0 Å². The lowest BCUT2D eigenvalue weighted by Gasteiger charge is -2.38. The van der Waals surface area contributed by atoms with E-state index in [2.05, 4.69) is 27.0 Å². The van der Waals surface area contributed by atoms with Crippen molar-refractivity contribution in [1.29, 1.82) is 5.26 Å². The molecule has 0 bridgehead atoms. The molecule has 24 heavy (non-hydrogen) atoms. The van der Waals surface area contributed by atoms with Crippen molar-refractivity contribution in [3.8, 4) is 6.07 Å². The number of ether oxygens (including phenoxy) is 1. The van der Waals surface area contributed by atoms with E-state index in [0.29, 0.717) is 32.4 Å². The van der Waals surface area contributed by atoms with Crippen molar-refractivity contribution in [2.75, 3.05) is 13.1 Å². The molecule has 0 unspecified atom stereocenters. The van der Waals surface area contributed by atoms with Crippen LogP contribution in [0.1, 0.15) is 44.9 Å². The average molecular weight is 394 g/mol. The van der Waals surface area contributed by atoms with Gasteiger partial charge in [0.1, 0.15) is 5.60 Å². The van der Waals surface area contributed by atoms with Gasteiger partial charge in [-0.1, -0.05) is 0 Å². The molecule has 1 aromatic rings. The SMILES string of the molecule is Cc1cc(CC2(C#N)CCN(C(=O)OC(C)(C)C)CC2)c(Br)cn1. The topological polar surface area (TPSA) is 66.2 Å². The molecule has 0 aromatic carbocycles. The molecule has 0 saturated carbocycles. The summed E-state index contributed by atoms with van der Waals surface area (Å²) in [6, 6.07) is 4.52. The van der Waals surface area contributed by atoms with Crippen LogP contribution in [0.2, 0.25) is 0 Å². The quantitative estimate of drug-likeness (QED) is 0.753. The van der Waals surface area contributed by atoms with Gasteiger partial charge in [0.25, 0.3) is 0 Å². The summed E-state index contributed by atoms with van der Waals surface area (Å²) in [7, 11) is 0. The van der Waals surface area contributed by atoms with Crippen LogP contribution in [0.25, 0.3) is 0 Å². The standard InChI is InChI=1S/C18H24BrN3O2/c1-13-9-14(15(19)11-21-13)10-18(12-20)5-7-22(8-6-18)16(23)24-17(2,3)4/h9,11H,5-8,10H2,1-4H3. The summed E-state index contributed by atoms with van der Waals surface area (Å²) in [5, 5.41) is 9.76. The number of pyridine rings is 1. The molecule has 0 N–H and O–H groups in total. The first-order valence-electron chi connectivity index (χ1n) is 8.14. The fourth-order valence-corrected chi connectivity index (χ4v) is 3.23. The van der Waals surface area contributed by atoms with Crippen LogP contribution in [0, 0.1) is 23.7 Å². The average Bonchev–Trinajstić information content (AvgIpc) is 2.50. The van der Waals surface area contributed by atoms with E-state index in [9.17, 15) is 10.1 Å². The molecular weight excluding hydrogens is 370 g/mol. The normalized spacial score (nSPS) is 17.2. The number of carbonyl (C=O) groups excluding carboxylic acids is 1. The van der Waals surface area contributed by atoms with Crippen molar-refractivity contribution in [3.63, 3.8) is 0 Å². The number of hydrogen-bond acceptors (Lipinski definition) is 4. The minimum Gasteiger partial charge on any atom is -0.444 e. The lowest BCUT2D eigenvalue weighted by atomic mass is 9.75. The lowest BCUT2D eigenvalue weighted by Crippen LogP contribution is -2.45. The zero-order valence-electron chi connectivity index (χ0n) is 14.7. The highest BCUT2D eigenvalue weighted by Gasteiger charge is 2.37. The van der Waals surface area contributed by atoms with Gasteiger partial charge < -0.3 is 9.64 Å². The lowest BCUT2D eigenvalue weighted by molar-refractivity contribution is 0.0148. The van der Waals surface area contributed by atoms with E-state index in [4.69, 9.17) is 4.74 Å². The summed E-state index contributed by atoms with van der Waals surface area (Å²) < 4.78 is 6.35. The summed E-state index contributed by atoms with van der Waals surface area (Å²) in [5.74, 6) is 0. The third-order valence-electron chi connectivity index (χ3n) is 4.21. The molecule has 6 heteroatoms. The Bertz CT molecular complexity index is 653. The highest BCUT2D eigenvalue weighted by molar-refractivity contribution is 9.10. The third-order valence-corrected chi connectivity index (χ3v) is 4.92. The van der Waals surface area contributed by atoms with E-state index in [1.54, 1.807) is 11.1 Å². The van der Waals surface area contributed by atoms with E-state index in [-0.39, 0.29) is 6.09 Å². The molecule has 5 nitrogen and oxygen atoms in total. The van der Waals surface area contributed by atoms with Crippen LogP contribution in [0.4, 0.5) is 4.79 Å². The van der Waals surface area contributed by atoms with Crippen LogP contribution in [-0.2, 0) is 11.2 Å². The predicted octanol–water partition coefficient (Wildman–Crippen LogP) is 4.24. The minimum atomic E-state index is -0.500. The Labute approximate surface area is 152 Å². The molecule has 0 aliphatic carbocycles. The highest BCUT2D eigenvalue weighted by Crippen LogP contribution is 2.36. The van der Waals surface area contributed by atoms with E-state index in [0.717, 1.165) is 15.7 Å². The Morgan fingerprint density at radius 1 is 1.46 bits per heavy atom. The number of hydrogen-bond donors (Lipinski definition) is 0. The van der Waals surface area contributed by atoms with Gasteiger partial charge in [0.2, 0.25) is 0 Å². The largest absolute Gasteiger partial charge is 0.444 e. The van der Waals surface area contributed by atoms with Gasteiger partial charge >= 0.3 is 6.09 Å². The number of nitriles is 1. The van der Waals surface area contributed by atoms with Crippen LogP contribution < -0.4 is 0 Å². The minimum absolute atomic E-state index is 0.296. The molecule has 2 rings (SSSR count). The van der Waals surface area contributed by atoms with Crippen molar-refractivity contribution in [3.05, 3.63) is 28.0 Å². The molecule has 0 atom stereocenters. The second-order valence-corrected chi connectivity index (χ2v) is 8.31. The second kappa shape index (κ2) is 7.10. The van der Waals surface area contributed by atoms with Crippen LogP contribution in [0.3, 0.4) is 0 Å². The maximum absolute atomic E-state index is 12.2. The van der Waals surface area contributed by atoms with E-state index < -0.39 is 11.0 Å². The van der Waals surface area contributed by atoms with Gasteiger partial charge in [0.05, 0.1) is 11.5 Å². The first kappa shape index (κ1) is 18.7. The Morgan fingerprint density at radius 3 is 2.62 bits per heavy atom. The van der Waals surface area contributed by atoms with Gasteiger partial charge in [-0.15, -0.1) is 0 Å². The van der Waals surface area contributed by atoms with E-state index >= 15 is 0 Å². The molecule has 0 spiro atoms. The second-order valence-electron chi connectivity index (χ2n) is 7.45. The molecule has 0 radical (unpaired) electrons. The van der Waals surface area contributed by atoms with Crippen LogP contribution in [-0.4, -0.2) is 34.7 Å². The van der Waals surface area contributed by atoms with Crippen molar-refractivity contribution >= 4 is 22.0 Å². The monoisotopic (exact) mass is 393 g/mol. The van der Waals surface area contributed by atoms with Gasteiger partial charge in [-0.3, -0.25) is 4.98 Å². The predicted molar refractivity (Wildman–Crippen MR) is 95.5 cm³/mol. The number of likely N-dealkylation sites (tertiary alicyclic amines) is 1. The Hall–Kier alpha value is -1.61. The first-order valence-corrected chi connectivity index (χ1v) is 8.94. The van der Waals surface area contributed by atoms with Gasteiger partial charge in [0, 0.05) is 29.5 Å². The molecule has 2 heterocycles. The fraction of sp³-hybridized carbons (Fsp3) is 0.611. The Kier molecular flexibility index (Phi) is 5.54. The number of aryl methyl sites for hydroxylation is 1. The number of amides is 1. The van der Waals surface area contributed by atoms with Crippen molar-refractivity contribution < 1.29 is 9.53 Å². The number of piperidine rings is 1. The zero-order chi connectivity index (χ0) is 18.0. The van der Waals surface area contributed by atoms with Crippen molar-refractivity contribution in [1.82, 2.24) is 9.88 Å². The molecular formula is C18H24BrN3O2. The van der Waals surface area contributed by atoms with Crippen molar-refractivity contribution in [2.45, 2.75) is 52.6 Å². The molecule has 1 aliphatic heterocycles. The molecule has 1 aliphatic rings. The van der Waals surface area contributed by atoms with Gasteiger partial charge in [-0.25, -0.2) is 4.79 Å². The molecule has 1 amide bonds. The van der Waals surface area contributed by atoms with E-state index in [1.807, 2.05) is 33.8 Å². The number of aromatic nitrogens is 1. The van der Waals surface area contributed by atoms with E-state index in [1.165, 1.54) is 0 Å². The van der Waals surface area contributed by atoms with Gasteiger partial charge in [0.15, 0.2) is 0 Å². The summed E-state index contributed by atoms with van der Waals surface area (Å²) >= 11 is 3.52. The third kappa shape index (κ3) is 4.70. The molecule has 1 saturated heterocycles. The molecule has 130 valence electrons. The molecule has 1 fully saturated rings. The summed E-state index contributed by atoms with van der Waals surface area (Å²) in [6.07, 6.45) is 3.45. The number of rotatable bonds is 2. The summed E-state index contributed by atoms with van der Waals surface area (Å²) in [6.45, 7) is 8.61. The Balaban J connectivity index is 2.05. The maximum Gasteiger partial charge on any atom is 0.410 e. The fourth-order valence-electron chi connectivity index (χ4n) is 2.87. The number of carbonyl (C=O) groups is 1. The highest BCUT2D eigenvalue weighted by atomic mass is 79.9. The first-order chi connectivity index (χ1) is 11.1. The van der Waals surface area contributed by atoms with Gasteiger partial charge in [-0.05, 0) is 74.5 Å². The van der Waals surface area contributed by atoms with Crippen molar-refractivity contribution in [2.24, 2.45) is 5.41 Å². The molecule has 1 aromatic heterocycles. The number of nitrogens with zero attached hydrogens (tertiary/aromatic N) is 3. The van der Waals surface area contributed by atoms with Crippen LogP contribution >= 0.6 is 15.9 Å².